The lowest BCUT2D eigenvalue weighted by atomic mass is 10.2. The van der Waals surface area contributed by atoms with Crippen LogP contribution in [0, 0.1) is 21.0 Å². The van der Waals surface area contributed by atoms with Crippen molar-refractivity contribution in [1.82, 2.24) is 0 Å². The zero-order chi connectivity index (χ0) is 13.8. The zero-order valence-corrected chi connectivity index (χ0v) is 13.8. The van der Waals surface area contributed by atoms with Crippen LogP contribution in [0.25, 0.3) is 0 Å². The number of hydrogen-bond donors (Lipinski definition) is 0. The van der Waals surface area contributed by atoms with Gasteiger partial charge in [-0.05, 0) is 32.0 Å². The van der Waals surface area contributed by atoms with Crippen LogP contribution in [0.4, 0.5) is 0 Å². The molecule has 0 heterocycles. The van der Waals surface area contributed by atoms with Gasteiger partial charge in [0.1, 0.15) is 5.75 Å². The first-order chi connectivity index (χ1) is 9.13. The third-order valence-electron chi connectivity index (χ3n) is 2.86. The van der Waals surface area contributed by atoms with Crippen molar-refractivity contribution < 1.29 is 30.7 Å². The molecule has 0 aliphatic heterocycles. The van der Waals surface area contributed by atoms with Gasteiger partial charge in [0, 0.05) is 11.6 Å². The molecule has 0 amide bonds. The fraction of sp³-hybridized carbons (Fsp3) is 0.250. The predicted molar refractivity (Wildman–Crippen MR) is 72.9 cm³/mol. The van der Waals surface area contributed by atoms with Gasteiger partial charge in [0.15, 0.2) is 9.32 Å². The van der Waals surface area contributed by atoms with Gasteiger partial charge in [-0.25, -0.2) is 0 Å². The fourth-order valence-electron chi connectivity index (χ4n) is 1.80. The standard InChI is InChI=1S/C16H18IO2/c1-11-5-7-13(8-6-11)17-16-12(2)9-14(18-3)10-15(16)19-4/h5-10H,1-4H3/q+1. The Morgan fingerprint density at radius 3 is 2.16 bits per heavy atom. The summed E-state index contributed by atoms with van der Waals surface area (Å²) in [6.07, 6.45) is 0. The van der Waals surface area contributed by atoms with E-state index in [2.05, 4.69) is 44.2 Å². The van der Waals surface area contributed by atoms with E-state index in [-0.39, 0.29) is 21.2 Å². The third kappa shape index (κ3) is 3.41. The van der Waals surface area contributed by atoms with Gasteiger partial charge in [0.05, 0.1) is 14.2 Å². The van der Waals surface area contributed by atoms with Gasteiger partial charge in [-0.1, -0.05) is 17.7 Å². The number of halogens is 1. The molecule has 2 rings (SSSR count). The third-order valence-corrected chi connectivity index (χ3v) is 6.13. The van der Waals surface area contributed by atoms with Crippen molar-refractivity contribution in [2.75, 3.05) is 14.2 Å². The van der Waals surface area contributed by atoms with Crippen LogP contribution in [0.5, 0.6) is 11.5 Å². The summed E-state index contributed by atoms with van der Waals surface area (Å²) in [5.74, 6) is 1.79. The molecule has 3 heteroatoms. The molecule has 0 fully saturated rings. The number of benzene rings is 2. The molecule has 0 unspecified atom stereocenters. The van der Waals surface area contributed by atoms with Crippen LogP contribution in [0.2, 0.25) is 0 Å². The number of ether oxygens (including phenoxy) is 2. The first kappa shape index (κ1) is 14.2. The normalized spacial score (nSPS) is 10.3. The maximum absolute atomic E-state index is 5.51. The van der Waals surface area contributed by atoms with Gasteiger partial charge in [-0.3, -0.25) is 0 Å². The number of hydrogen-bond acceptors (Lipinski definition) is 2. The maximum Gasteiger partial charge on any atom is 0.362 e. The topological polar surface area (TPSA) is 18.5 Å². The molecule has 2 aromatic carbocycles. The predicted octanol–water partition coefficient (Wildman–Crippen LogP) is 0.449. The Balaban J connectivity index is 2.36. The lowest BCUT2D eigenvalue weighted by Gasteiger charge is -2.06. The van der Waals surface area contributed by atoms with Crippen LogP contribution in [-0.4, -0.2) is 14.2 Å². The van der Waals surface area contributed by atoms with Crippen LogP contribution in [0.15, 0.2) is 36.4 Å². The number of aryl methyl sites for hydroxylation is 2. The average Bonchev–Trinajstić information content (AvgIpc) is 2.43. The second-order valence-electron chi connectivity index (χ2n) is 4.35. The van der Waals surface area contributed by atoms with E-state index in [9.17, 15) is 0 Å². The van der Waals surface area contributed by atoms with Crippen LogP contribution < -0.4 is 30.7 Å². The summed E-state index contributed by atoms with van der Waals surface area (Å²) in [4.78, 5) is 0. The van der Waals surface area contributed by atoms with Gasteiger partial charge < -0.3 is 9.47 Å². The molecule has 0 N–H and O–H groups in total. The van der Waals surface area contributed by atoms with Crippen LogP contribution in [0.3, 0.4) is 0 Å². The monoisotopic (exact) mass is 369 g/mol. The zero-order valence-electron chi connectivity index (χ0n) is 11.7. The van der Waals surface area contributed by atoms with E-state index in [4.69, 9.17) is 9.47 Å². The molecule has 0 saturated carbocycles. The average molecular weight is 369 g/mol. The van der Waals surface area contributed by atoms with E-state index in [1.54, 1.807) is 14.2 Å². The molecule has 0 spiro atoms. The Hall–Kier alpha value is -1.23. The van der Waals surface area contributed by atoms with E-state index in [1.165, 1.54) is 18.3 Å². The SMILES string of the molecule is COc1cc(C)c([I+]c2ccc(C)cc2)c(OC)c1. The molecule has 0 aliphatic rings. The summed E-state index contributed by atoms with van der Waals surface area (Å²) in [7, 11) is 3.40. The highest BCUT2D eigenvalue weighted by Crippen LogP contribution is 2.22. The molecular formula is C16H18IO2+. The smallest absolute Gasteiger partial charge is 0.362 e. The highest BCUT2D eigenvalue weighted by atomic mass is 127. The molecule has 2 aromatic rings. The molecule has 0 aromatic heterocycles. The van der Waals surface area contributed by atoms with Crippen LogP contribution in [0.1, 0.15) is 11.1 Å². The molecule has 0 saturated heterocycles. The van der Waals surface area contributed by atoms with Gasteiger partial charge in [-0.2, -0.15) is 0 Å². The molecule has 0 radical (unpaired) electrons. The summed E-state index contributed by atoms with van der Waals surface area (Å²) in [6, 6.07) is 12.8. The molecule has 0 atom stereocenters. The lowest BCUT2D eigenvalue weighted by molar-refractivity contribution is -0.598. The Bertz CT molecular complexity index is 562. The Morgan fingerprint density at radius 2 is 1.58 bits per heavy atom. The second kappa shape index (κ2) is 6.28. The van der Waals surface area contributed by atoms with Gasteiger partial charge in [-0.15, -0.1) is 0 Å². The van der Waals surface area contributed by atoms with Crippen LogP contribution in [-0.2, 0) is 0 Å². The molecule has 19 heavy (non-hydrogen) atoms. The van der Waals surface area contributed by atoms with E-state index in [1.807, 2.05) is 6.07 Å². The maximum atomic E-state index is 5.51. The Morgan fingerprint density at radius 1 is 0.895 bits per heavy atom. The highest BCUT2D eigenvalue weighted by molar-refractivity contribution is 5.37. The molecular weight excluding hydrogens is 351 g/mol. The Labute approximate surface area is 125 Å². The first-order valence-electron chi connectivity index (χ1n) is 6.08. The molecule has 100 valence electrons. The summed E-state index contributed by atoms with van der Waals surface area (Å²) in [6.45, 7) is 4.23. The number of rotatable bonds is 4. The van der Waals surface area contributed by atoms with E-state index < -0.39 is 0 Å². The van der Waals surface area contributed by atoms with Crippen molar-refractivity contribution in [1.29, 1.82) is 0 Å². The minimum atomic E-state index is -0.232. The minimum absolute atomic E-state index is 0.232. The fourth-order valence-corrected chi connectivity index (χ4v) is 4.36. The van der Waals surface area contributed by atoms with Crippen molar-refractivity contribution in [3.8, 4) is 11.5 Å². The first-order valence-corrected chi connectivity index (χ1v) is 8.24. The molecule has 0 bridgehead atoms. The van der Waals surface area contributed by atoms with E-state index >= 15 is 0 Å². The van der Waals surface area contributed by atoms with Crippen LogP contribution >= 0.6 is 0 Å². The second-order valence-corrected chi connectivity index (χ2v) is 7.21. The van der Waals surface area contributed by atoms with Crippen molar-refractivity contribution in [2.24, 2.45) is 0 Å². The lowest BCUT2D eigenvalue weighted by Crippen LogP contribution is -3.61. The molecule has 0 aliphatic carbocycles. The van der Waals surface area contributed by atoms with Gasteiger partial charge >= 0.3 is 21.2 Å². The summed E-state index contributed by atoms with van der Waals surface area (Å²) >= 11 is -0.232. The summed E-state index contributed by atoms with van der Waals surface area (Å²) in [5.41, 5.74) is 2.54. The van der Waals surface area contributed by atoms with Crippen molar-refractivity contribution in [3.05, 3.63) is 54.7 Å². The van der Waals surface area contributed by atoms with Crippen molar-refractivity contribution in [2.45, 2.75) is 13.8 Å². The summed E-state index contributed by atoms with van der Waals surface area (Å²) in [5, 5.41) is 0. The minimum Gasteiger partial charge on any atom is -0.497 e. The summed E-state index contributed by atoms with van der Waals surface area (Å²) < 4.78 is 13.5. The van der Waals surface area contributed by atoms with Crippen molar-refractivity contribution >= 4 is 0 Å². The van der Waals surface area contributed by atoms with Gasteiger partial charge in [0.25, 0.3) is 0 Å². The van der Waals surface area contributed by atoms with E-state index in [0.29, 0.717) is 0 Å². The Kier molecular flexibility index (Phi) is 4.69. The molecule has 2 nitrogen and oxygen atoms in total. The largest absolute Gasteiger partial charge is 0.497 e. The van der Waals surface area contributed by atoms with Gasteiger partial charge in [0.2, 0.25) is 3.57 Å². The van der Waals surface area contributed by atoms with E-state index in [0.717, 1.165) is 11.5 Å². The quantitative estimate of drug-likeness (QED) is 0.729. The highest BCUT2D eigenvalue weighted by Gasteiger charge is 2.24. The number of methoxy groups -OCH3 is 2. The van der Waals surface area contributed by atoms with Crippen molar-refractivity contribution in [3.63, 3.8) is 0 Å².